The Labute approximate surface area is 163 Å². The largest absolute Gasteiger partial charge is 0.355 e. The molecule has 0 atom stereocenters. The summed E-state index contributed by atoms with van der Waals surface area (Å²) in [7, 11) is -3.79. The average Bonchev–Trinajstić information content (AvgIpc) is 3.08. The van der Waals surface area contributed by atoms with Crippen molar-refractivity contribution in [3.05, 3.63) is 83.2 Å². The summed E-state index contributed by atoms with van der Waals surface area (Å²) in [6, 6.07) is 17.6. The summed E-state index contributed by atoms with van der Waals surface area (Å²) in [5, 5.41) is 7.90. The van der Waals surface area contributed by atoms with Crippen LogP contribution in [0.15, 0.2) is 82.3 Å². The van der Waals surface area contributed by atoms with Crippen molar-refractivity contribution in [1.82, 2.24) is 9.19 Å². The van der Waals surface area contributed by atoms with E-state index in [0.29, 0.717) is 26.8 Å². The van der Waals surface area contributed by atoms with Crippen LogP contribution in [0.1, 0.15) is 0 Å². The van der Waals surface area contributed by atoms with E-state index in [0.717, 1.165) is 4.09 Å². The van der Waals surface area contributed by atoms with Gasteiger partial charge in [-0.25, -0.2) is 4.39 Å². The summed E-state index contributed by atoms with van der Waals surface area (Å²) in [4.78, 5) is 0.166. The maximum absolute atomic E-state index is 13.1. The van der Waals surface area contributed by atoms with Gasteiger partial charge in [0, 0.05) is 15.5 Å². The zero-order valence-electron chi connectivity index (χ0n) is 13.8. The number of nitrogens with one attached hydrogen (secondary N) is 1. The van der Waals surface area contributed by atoms with E-state index in [1.807, 2.05) is 0 Å². The molecule has 8 heteroatoms. The Morgan fingerprint density at radius 1 is 1.00 bits per heavy atom. The molecule has 136 valence electrons. The third-order valence-electron chi connectivity index (χ3n) is 4.02. The number of rotatable bonds is 4. The van der Waals surface area contributed by atoms with Crippen LogP contribution in [0.4, 0.5) is 15.8 Å². The van der Waals surface area contributed by atoms with Crippen molar-refractivity contribution in [2.45, 2.75) is 4.90 Å². The number of anilines is 2. The molecule has 5 nitrogen and oxygen atoms in total. The van der Waals surface area contributed by atoms with E-state index < -0.39 is 10.0 Å². The predicted octanol–water partition coefficient (Wildman–Crippen LogP) is 4.92. The molecule has 0 amide bonds. The van der Waals surface area contributed by atoms with Gasteiger partial charge in [-0.15, -0.1) is 0 Å². The maximum Gasteiger partial charge on any atom is 0.283 e. The Bertz CT molecular complexity index is 1220. The number of hydrogen-bond acceptors (Lipinski definition) is 4. The standard InChI is InChI=1S/C19H13BrFN3O2S/c20-17-11-19-13(10-18(17)23-15-8-6-14(21)7-9-15)12-22-24(19)27(25,26)16-4-2-1-3-5-16/h1-12,23H. The zero-order valence-corrected chi connectivity index (χ0v) is 16.2. The molecule has 0 aliphatic carbocycles. The first kappa shape index (κ1) is 17.7. The number of hydrogen-bond donors (Lipinski definition) is 1. The van der Waals surface area contributed by atoms with Gasteiger partial charge in [0.05, 0.1) is 22.3 Å². The lowest BCUT2D eigenvalue weighted by atomic mass is 10.2. The first-order chi connectivity index (χ1) is 12.9. The van der Waals surface area contributed by atoms with E-state index in [2.05, 4.69) is 26.3 Å². The highest BCUT2D eigenvalue weighted by Gasteiger charge is 2.21. The lowest BCUT2D eigenvalue weighted by molar-refractivity contribution is 0.582. The maximum atomic E-state index is 13.1. The van der Waals surface area contributed by atoms with E-state index >= 15 is 0 Å². The minimum Gasteiger partial charge on any atom is -0.355 e. The van der Waals surface area contributed by atoms with Crippen LogP contribution in [0.2, 0.25) is 0 Å². The molecule has 0 bridgehead atoms. The number of fused-ring (bicyclic) bond motifs is 1. The Balaban J connectivity index is 1.77. The second kappa shape index (κ2) is 6.79. The van der Waals surface area contributed by atoms with Crippen LogP contribution < -0.4 is 5.32 Å². The molecule has 1 N–H and O–H groups in total. The molecule has 0 radical (unpaired) electrons. The molecular weight excluding hydrogens is 433 g/mol. The number of benzene rings is 3. The third kappa shape index (κ3) is 3.33. The first-order valence-corrected chi connectivity index (χ1v) is 10.2. The minimum absolute atomic E-state index is 0.166. The van der Waals surface area contributed by atoms with Gasteiger partial charge in [-0.2, -0.15) is 17.6 Å². The van der Waals surface area contributed by atoms with Gasteiger partial charge in [-0.1, -0.05) is 18.2 Å². The first-order valence-electron chi connectivity index (χ1n) is 7.96. The lowest BCUT2D eigenvalue weighted by Crippen LogP contribution is -2.14. The predicted molar refractivity (Wildman–Crippen MR) is 106 cm³/mol. The molecule has 27 heavy (non-hydrogen) atoms. The SMILES string of the molecule is O=S(=O)(c1ccccc1)n1ncc2cc(Nc3ccc(F)cc3)c(Br)cc21. The summed E-state index contributed by atoms with van der Waals surface area (Å²) in [5.41, 5.74) is 1.88. The van der Waals surface area contributed by atoms with E-state index in [-0.39, 0.29) is 10.7 Å². The number of nitrogens with zero attached hydrogens (tertiary/aromatic N) is 2. The van der Waals surface area contributed by atoms with Gasteiger partial charge in [0.15, 0.2) is 0 Å². The molecule has 1 heterocycles. The van der Waals surface area contributed by atoms with Gasteiger partial charge in [0.2, 0.25) is 0 Å². The van der Waals surface area contributed by atoms with Crippen molar-refractivity contribution in [2.75, 3.05) is 5.32 Å². The van der Waals surface area contributed by atoms with Gasteiger partial charge in [0.25, 0.3) is 10.0 Å². The molecule has 4 rings (SSSR count). The van der Waals surface area contributed by atoms with Crippen LogP contribution in [0.25, 0.3) is 10.9 Å². The van der Waals surface area contributed by atoms with Crippen LogP contribution in [0.5, 0.6) is 0 Å². The molecule has 0 aliphatic rings. The van der Waals surface area contributed by atoms with Gasteiger partial charge in [0.1, 0.15) is 5.82 Å². The van der Waals surface area contributed by atoms with Crippen molar-refractivity contribution >= 4 is 48.2 Å². The van der Waals surface area contributed by atoms with Gasteiger partial charge in [-0.3, -0.25) is 0 Å². The van der Waals surface area contributed by atoms with E-state index in [1.54, 1.807) is 42.5 Å². The Hall–Kier alpha value is -2.71. The topological polar surface area (TPSA) is 64.0 Å². The van der Waals surface area contributed by atoms with Crippen LogP contribution in [0.3, 0.4) is 0 Å². The fraction of sp³-hybridized carbons (Fsp3) is 0. The van der Waals surface area contributed by atoms with Crippen molar-refractivity contribution in [2.24, 2.45) is 0 Å². The van der Waals surface area contributed by atoms with Crippen molar-refractivity contribution in [3.8, 4) is 0 Å². The van der Waals surface area contributed by atoms with Crippen LogP contribution in [0, 0.1) is 5.82 Å². The van der Waals surface area contributed by atoms with Gasteiger partial charge in [-0.05, 0) is 64.5 Å². The fourth-order valence-corrected chi connectivity index (χ4v) is 4.41. The van der Waals surface area contributed by atoms with Crippen LogP contribution >= 0.6 is 15.9 Å². The van der Waals surface area contributed by atoms with E-state index in [4.69, 9.17) is 0 Å². The molecular formula is C19H13BrFN3O2S. The zero-order chi connectivity index (χ0) is 19.0. The summed E-state index contributed by atoms with van der Waals surface area (Å²) in [5.74, 6) is -0.317. The Kier molecular flexibility index (Phi) is 4.45. The van der Waals surface area contributed by atoms with E-state index in [1.165, 1.54) is 30.5 Å². The van der Waals surface area contributed by atoms with Gasteiger partial charge < -0.3 is 5.32 Å². The summed E-state index contributed by atoms with van der Waals surface area (Å²) >= 11 is 3.46. The minimum atomic E-state index is -3.79. The number of halogens is 2. The smallest absolute Gasteiger partial charge is 0.283 e. The molecule has 0 unspecified atom stereocenters. The van der Waals surface area contributed by atoms with Gasteiger partial charge >= 0.3 is 0 Å². The van der Waals surface area contributed by atoms with Crippen molar-refractivity contribution < 1.29 is 12.8 Å². The van der Waals surface area contributed by atoms with Crippen molar-refractivity contribution in [3.63, 3.8) is 0 Å². The quantitative estimate of drug-likeness (QED) is 0.484. The highest BCUT2D eigenvalue weighted by atomic mass is 79.9. The molecule has 0 fully saturated rings. The van der Waals surface area contributed by atoms with Crippen LogP contribution in [-0.2, 0) is 10.0 Å². The lowest BCUT2D eigenvalue weighted by Gasteiger charge is -2.10. The fourth-order valence-electron chi connectivity index (χ4n) is 2.69. The Morgan fingerprint density at radius 2 is 1.70 bits per heavy atom. The third-order valence-corrected chi connectivity index (χ3v) is 6.29. The second-order valence-electron chi connectivity index (χ2n) is 5.83. The Morgan fingerprint density at radius 3 is 2.41 bits per heavy atom. The highest BCUT2D eigenvalue weighted by Crippen LogP contribution is 2.32. The summed E-state index contributed by atoms with van der Waals surface area (Å²) < 4.78 is 40.5. The normalized spacial score (nSPS) is 11.6. The highest BCUT2D eigenvalue weighted by molar-refractivity contribution is 9.10. The molecule has 0 saturated heterocycles. The molecule has 3 aromatic carbocycles. The molecule has 4 aromatic rings. The van der Waals surface area contributed by atoms with Crippen molar-refractivity contribution in [1.29, 1.82) is 0 Å². The summed E-state index contributed by atoms with van der Waals surface area (Å²) in [6.45, 7) is 0. The summed E-state index contributed by atoms with van der Waals surface area (Å²) in [6.07, 6.45) is 1.50. The molecule has 0 aliphatic heterocycles. The second-order valence-corrected chi connectivity index (χ2v) is 8.45. The van der Waals surface area contributed by atoms with Crippen LogP contribution in [-0.4, -0.2) is 17.6 Å². The number of aromatic nitrogens is 2. The molecule has 1 aromatic heterocycles. The van der Waals surface area contributed by atoms with E-state index in [9.17, 15) is 12.8 Å². The molecule has 0 saturated carbocycles. The monoisotopic (exact) mass is 445 g/mol. The molecule has 0 spiro atoms. The average molecular weight is 446 g/mol.